The lowest BCUT2D eigenvalue weighted by atomic mass is 10.1. The van der Waals surface area contributed by atoms with Gasteiger partial charge in [-0.25, -0.2) is 4.98 Å². The number of nitrogens with zero attached hydrogens (tertiary/aromatic N) is 7. The SMILES string of the molecule is Cc1cccc(-c2n[nH]cc2-c2ccc3ncc(-c4nnc5n4CCNC5)cc3n2)n1. The third kappa shape index (κ3) is 3.06. The molecule has 0 bridgehead atoms. The summed E-state index contributed by atoms with van der Waals surface area (Å²) in [6.07, 6.45) is 3.69. The summed E-state index contributed by atoms with van der Waals surface area (Å²) < 4.78 is 2.14. The molecule has 0 radical (unpaired) electrons. The number of rotatable bonds is 3. The maximum atomic E-state index is 4.89. The highest BCUT2D eigenvalue weighted by molar-refractivity contribution is 5.84. The van der Waals surface area contributed by atoms with Gasteiger partial charge < -0.3 is 9.88 Å². The van der Waals surface area contributed by atoms with E-state index in [9.17, 15) is 0 Å². The molecule has 0 unspecified atom stereocenters. The maximum absolute atomic E-state index is 4.89. The van der Waals surface area contributed by atoms with Crippen LogP contribution in [0.3, 0.4) is 0 Å². The summed E-state index contributed by atoms with van der Waals surface area (Å²) in [5.41, 5.74) is 6.77. The summed E-state index contributed by atoms with van der Waals surface area (Å²) in [7, 11) is 0. The summed E-state index contributed by atoms with van der Waals surface area (Å²) in [5, 5.41) is 19.4. The lowest BCUT2D eigenvalue weighted by Crippen LogP contribution is -2.28. The van der Waals surface area contributed by atoms with Crippen molar-refractivity contribution in [1.29, 1.82) is 0 Å². The minimum atomic E-state index is 0.729. The smallest absolute Gasteiger partial charge is 0.165 e. The van der Waals surface area contributed by atoms with Crippen molar-refractivity contribution in [3.63, 3.8) is 0 Å². The molecule has 0 aromatic carbocycles. The fourth-order valence-corrected chi connectivity index (χ4v) is 3.94. The number of aromatic nitrogens is 8. The van der Waals surface area contributed by atoms with E-state index in [0.717, 1.165) is 76.2 Å². The van der Waals surface area contributed by atoms with Crippen molar-refractivity contribution in [2.45, 2.75) is 20.0 Å². The first kappa shape index (κ1) is 17.8. The molecule has 0 aliphatic carbocycles. The Kier molecular flexibility index (Phi) is 4.07. The molecule has 152 valence electrons. The highest BCUT2D eigenvalue weighted by atomic mass is 15.3. The van der Waals surface area contributed by atoms with Crippen molar-refractivity contribution in [1.82, 2.24) is 45.2 Å². The fourth-order valence-electron chi connectivity index (χ4n) is 3.94. The van der Waals surface area contributed by atoms with E-state index < -0.39 is 0 Å². The van der Waals surface area contributed by atoms with E-state index in [2.05, 4.69) is 40.2 Å². The molecule has 0 saturated heterocycles. The topological polar surface area (TPSA) is 110 Å². The zero-order chi connectivity index (χ0) is 20.8. The van der Waals surface area contributed by atoms with Gasteiger partial charge in [0.2, 0.25) is 0 Å². The molecule has 0 atom stereocenters. The van der Waals surface area contributed by atoms with Crippen LogP contribution >= 0.6 is 0 Å². The normalized spacial score (nSPS) is 13.5. The van der Waals surface area contributed by atoms with Crippen LogP contribution in [0.5, 0.6) is 0 Å². The van der Waals surface area contributed by atoms with Crippen molar-refractivity contribution in [2.75, 3.05) is 6.54 Å². The van der Waals surface area contributed by atoms with E-state index >= 15 is 0 Å². The van der Waals surface area contributed by atoms with Crippen molar-refractivity contribution >= 4 is 11.0 Å². The molecule has 0 spiro atoms. The molecule has 1 aliphatic rings. The Hall–Kier alpha value is -3.98. The van der Waals surface area contributed by atoms with Gasteiger partial charge in [0, 0.05) is 42.3 Å². The Bertz CT molecular complexity index is 1420. The molecule has 0 fully saturated rings. The van der Waals surface area contributed by atoms with Gasteiger partial charge in [-0.15, -0.1) is 10.2 Å². The molecular formula is C22H19N9. The third-order valence-corrected chi connectivity index (χ3v) is 5.47. The zero-order valence-electron chi connectivity index (χ0n) is 16.9. The van der Waals surface area contributed by atoms with Gasteiger partial charge in [0.15, 0.2) is 5.82 Å². The molecule has 0 amide bonds. The number of aryl methyl sites for hydroxylation is 1. The predicted octanol–water partition coefficient (Wildman–Crippen LogP) is 2.75. The van der Waals surface area contributed by atoms with Gasteiger partial charge in [-0.2, -0.15) is 5.10 Å². The first-order valence-corrected chi connectivity index (χ1v) is 10.1. The number of fused-ring (bicyclic) bond motifs is 2. The Labute approximate surface area is 177 Å². The van der Waals surface area contributed by atoms with E-state index in [4.69, 9.17) is 4.98 Å². The average molecular weight is 409 g/mol. The number of hydrogen-bond acceptors (Lipinski definition) is 7. The molecule has 5 aromatic heterocycles. The van der Waals surface area contributed by atoms with Crippen LogP contribution in [0, 0.1) is 6.92 Å². The summed E-state index contributed by atoms with van der Waals surface area (Å²) in [5.74, 6) is 1.77. The van der Waals surface area contributed by atoms with Gasteiger partial charge in [-0.05, 0) is 37.3 Å². The van der Waals surface area contributed by atoms with Gasteiger partial charge in [-0.1, -0.05) is 6.07 Å². The molecule has 9 heteroatoms. The largest absolute Gasteiger partial charge is 0.309 e. The second-order valence-corrected chi connectivity index (χ2v) is 7.54. The van der Waals surface area contributed by atoms with E-state index in [1.165, 1.54) is 0 Å². The van der Waals surface area contributed by atoms with Crippen LogP contribution in [0.1, 0.15) is 11.5 Å². The summed E-state index contributed by atoms with van der Waals surface area (Å²) in [4.78, 5) is 14.1. The van der Waals surface area contributed by atoms with E-state index in [0.29, 0.717) is 0 Å². The van der Waals surface area contributed by atoms with Crippen LogP contribution in [-0.2, 0) is 13.1 Å². The lowest BCUT2D eigenvalue weighted by Gasteiger charge is -2.16. The molecular weight excluding hydrogens is 390 g/mol. The zero-order valence-corrected chi connectivity index (χ0v) is 16.9. The minimum Gasteiger partial charge on any atom is -0.309 e. The van der Waals surface area contributed by atoms with E-state index in [-0.39, 0.29) is 0 Å². The number of aromatic amines is 1. The second-order valence-electron chi connectivity index (χ2n) is 7.54. The Morgan fingerprint density at radius 1 is 1.00 bits per heavy atom. The molecule has 1 aliphatic heterocycles. The van der Waals surface area contributed by atoms with Gasteiger partial charge in [0.25, 0.3) is 0 Å². The highest BCUT2D eigenvalue weighted by Crippen LogP contribution is 2.30. The molecule has 9 nitrogen and oxygen atoms in total. The van der Waals surface area contributed by atoms with Crippen LogP contribution in [0.25, 0.3) is 45.1 Å². The lowest BCUT2D eigenvalue weighted by molar-refractivity contribution is 0.508. The predicted molar refractivity (Wildman–Crippen MR) is 116 cm³/mol. The van der Waals surface area contributed by atoms with Gasteiger partial charge >= 0.3 is 0 Å². The van der Waals surface area contributed by atoms with Gasteiger partial charge in [0.1, 0.15) is 11.5 Å². The molecule has 5 aromatic rings. The van der Waals surface area contributed by atoms with Crippen molar-refractivity contribution in [3.05, 3.63) is 60.3 Å². The van der Waals surface area contributed by atoms with E-state index in [1.54, 1.807) is 0 Å². The van der Waals surface area contributed by atoms with Gasteiger partial charge in [0.05, 0.1) is 29.0 Å². The van der Waals surface area contributed by atoms with Crippen molar-refractivity contribution in [3.8, 4) is 34.0 Å². The monoisotopic (exact) mass is 409 g/mol. The number of nitrogens with one attached hydrogen (secondary N) is 2. The van der Waals surface area contributed by atoms with Crippen LogP contribution < -0.4 is 5.32 Å². The Morgan fingerprint density at radius 3 is 2.90 bits per heavy atom. The van der Waals surface area contributed by atoms with Crippen LogP contribution in [0.15, 0.2) is 48.8 Å². The quantitative estimate of drug-likeness (QED) is 0.471. The highest BCUT2D eigenvalue weighted by Gasteiger charge is 2.18. The Balaban J connectivity index is 1.44. The number of hydrogen-bond donors (Lipinski definition) is 2. The fraction of sp³-hybridized carbons (Fsp3) is 0.182. The minimum absolute atomic E-state index is 0.729. The summed E-state index contributed by atoms with van der Waals surface area (Å²) in [6.45, 7) is 4.44. The van der Waals surface area contributed by atoms with E-state index in [1.807, 2.05) is 55.7 Å². The third-order valence-electron chi connectivity index (χ3n) is 5.47. The Morgan fingerprint density at radius 2 is 1.97 bits per heavy atom. The van der Waals surface area contributed by atoms with Crippen molar-refractivity contribution < 1.29 is 0 Å². The summed E-state index contributed by atoms with van der Waals surface area (Å²) in [6, 6.07) is 11.9. The number of pyridine rings is 3. The van der Waals surface area contributed by atoms with Crippen LogP contribution in [0.4, 0.5) is 0 Å². The first-order valence-electron chi connectivity index (χ1n) is 10.1. The average Bonchev–Trinajstić information content (AvgIpc) is 3.46. The molecule has 31 heavy (non-hydrogen) atoms. The molecule has 0 saturated carbocycles. The van der Waals surface area contributed by atoms with Gasteiger partial charge in [-0.3, -0.25) is 15.1 Å². The molecule has 2 N–H and O–H groups in total. The van der Waals surface area contributed by atoms with Crippen molar-refractivity contribution in [2.24, 2.45) is 0 Å². The number of H-pyrrole nitrogens is 1. The first-order chi connectivity index (χ1) is 15.3. The maximum Gasteiger partial charge on any atom is 0.165 e. The van der Waals surface area contributed by atoms with Crippen LogP contribution in [-0.4, -0.2) is 46.5 Å². The summed E-state index contributed by atoms with van der Waals surface area (Å²) >= 11 is 0. The molecule has 6 heterocycles. The standard InChI is InChI=1S/C22H19N9/c1-13-3-2-4-18(26-13)21-15(11-25-29-21)16-5-6-17-19(27-16)9-14(10-24-17)22-30-28-20-12-23-7-8-31(20)22/h2-6,9-11,23H,7-8,12H2,1H3,(H,25,29). The second kappa shape index (κ2) is 7.06. The molecule has 6 rings (SSSR count). The van der Waals surface area contributed by atoms with Crippen LogP contribution in [0.2, 0.25) is 0 Å².